The molecule has 0 amide bonds. The molecule has 90 valence electrons. The second-order valence-electron chi connectivity index (χ2n) is 5.51. The molecule has 0 fully saturated rings. The fourth-order valence-corrected chi connectivity index (χ4v) is 1.80. The quantitative estimate of drug-likeness (QED) is 0.747. The summed E-state index contributed by atoms with van der Waals surface area (Å²) < 4.78 is 0. The Morgan fingerprint density at radius 3 is 2.12 bits per heavy atom. The van der Waals surface area contributed by atoms with Gasteiger partial charge in [0.2, 0.25) is 0 Å². The summed E-state index contributed by atoms with van der Waals surface area (Å²) in [5, 5.41) is 3.18. The zero-order valence-corrected chi connectivity index (χ0v) is 11.1. The van der Waals surface area contributed by atoms with Gasteiger partial charge in [-0.3, -0.25) is 0 Å². The summed E-state index contributed by atoms with van der Waals surface area (Å²) in [5.41, 5.74) is 3.15. The first-order valence-electron chi connectivity index (χ1n) is 6.28. The van der Waals surface area contributed by atoms with E-state index in [1.807, 2.05) is 7.05 Å². The number of nitrogens with one attached hydrogen (secondary N) is 1. The normalized spacial score (nSPS) is 11.8. The van der Waals surface area contributed by atoms with E-state index < -0.39 is 0 Å². The van der Waals surface area contributed by atoms with Crippen LogP contribution in [-0.4, -0.2) is 13.6 Å². The van der Waals surface area contributed by atoms with Crippen molar-refractivity contribution < 1.29 is 0 Å². The monoisotopic (exact) mass is 219 g/mol. The van der Waals surface area contributed by atoms with Crippen LogP contribution in [0.3, 0.4) is 0 Å². The van der Waals surface area contributed by atoms with E-state index in [2.05, 4.69) is 50.4 Å². The number of rotatable bonds is 5. The van der Waals surface area contributed by atoms with Crippen LogP contribution in [0.25, 0.3) is 0 Å². The highest BCUT2D eigenvalue weighted by molar-refractivity contribution is 5.27. The minimum Gasteiger partial charge on any atom is -0.320 e. The van der Waals surface area contributed by atoms with Crippen molar-refractivity contribution in [3.8, 4) is 0 Å². The smallest absolute Gasteiger partial charge is 0.00518 e. The lowest BCUT2D eigenvalue weighted by molar-refractivity contribution is 0.589. The molecule has 0 aliphatic heterocycles. The molecule has 1 heteroatoms. The second kappa shape index (κ2) is 6.05. The minimum atomic E-state index is 0.269. The Balaban J connectivity index is 2.46. The zero-order valence-electron chi connectivity index (χ0n) is 11.1. The van der Waals surface area contributed by atoms with Gasteiger partial charge in [-0.15, -0.1) is 0 Å². The maximum absolute atomic E-state index is 3.18. The van der Waals surface area contributed by atoms with Crippen LogP contribution >= 0.6 is 0 Å². The minimum absolute atomic E-state index is 0.269. The highest BCUT2D eigenvalue weighted by Gasteiger charge is 2.12. The molecule has 16 heavy (non-hydrogen) atoms. The average molecular weight is 219 g/mol. The molecule has 1 aromatic rings. The summed E-state index contributed by atoms with van der Waals surface area (Å²) in [6.07, 6.45) is 3.74. The molecule has 0 saturated carbocycles. The van der Waals surface area contributed by atoms with Gasteiger partial charge in [-0.2, -0.15) is 0 Å². The molecule has 0 saturated heterocycles. The number of benzene rings is 1. The Morgan fingerprint density at radius 1 is 1.00 bits per heavy atom. The molecule has 1 rings (SSSR count). The third kappa shape index (κ3) is 4.36. The van der Waals surface area contributed by atoms with Crippen molar-refractivity contribution in [2.75, 3.05) is 13.6 Å². The van der Waals surface area contributed by atoms with Crippen molar-refractivity contribution >= 4 is 0 Å². The lowest BCUT2D eigenvalue weighted by Crippen LogP contribution is -2.10. The van der Waals surface area contributed by atoms with Gasteiger partial charge < -0.3 is 5.32 Å². The summed E-state index contributed by atoms with van der Waals surface area (Å²) >= 11 is 0. The van der Waals surface area contributed by atoms with Crippen LogP contribution in [0.15, 0.2) is 24.3 Å². The highest BCUT2D eigenvalue weighted by atomic mass is 14.8. The third-order valence-electron chi connectivity index (χ3n) is 2.96. The first-order chi connectivity index (χ1) is 7.54. The van der Waals surface area contributed by atoms with Crippen molar-refractivity contribution in [2.24, 2.45) is 0 Å². The largest absolute Gasteiger partial charge is 0.320 e. The van der Waals surface area contributed by atoms with Crippen molar-refractivity contribution in [1.82, 2.24) is 5.32 Å². The summed E-state index contributed by atoms with van der Waals surface area (Å²) in [4.78, 5) is 0. The predicted octanol–water partition coefficient (Wildman–Crippen LogP) is 3.53. The molecule has 0 aliphatic carbocycles. The molecule has 1 nitrogen and oxygen atoms in total. The third-order valence-corrected chi connectivity index (χ3v) is 2.96. The molecule has 0 radical (unpaired) electrons. The van der Waals surface area contributed by atoms with Crippen molar-refractivity contribution in [1.29, 1.82) is 0 Å². The van der Waals surface area contributed by atoms with E-state index >= 15 is 0 Å². The Labute approximate surface area is 100 Å². The fraction of sp³-hybridized carbons (Fsp3) is 0.600. The van der Waals surface area contributed by atoms with Crippen LogP contribution in [0.2, 0.25) is 0 Å². The molecular weight excluding hydrogens is 194 g/mol. The van der Waals surface area contributed by atoms with Gasteiger partial charge in [0, 0.05) is 0 Å². The SMILES string of the molecule is CNCCCCc1ccc(C(C)(C)C)cc1. The van der Waals surface area contributed by atoms with E-state index in [4.69, 9.17) is 0 Å². The molecule has 0 heterocycles. The lowest BCUT2D eigenvalue weighted by atomic mass is 9.86. The average Bonchev–Trinajstić information content (AvgIpc) is 2.24. The molecule has 0 unspecified atom stereocenters. The summed E-state index contributed by atoms with van der Waals surface area (Å²) in [7, 11) is 2.01. The maximum Gasteiger partial charge on any atom is -0.00518 e. The number of aryl methyl sites for hydroxylation is 1. The van der Waals surface area contributed by atoms with Gasteiger partial charge in [-0.05, 0) is 49.4 Å². The lowest BCUT2D eigenvalue weighted by Gasteiger charge is -2.19. The van der Waals surface area contributed by atoms with E-state index in [0.717, 1.165) is 6.54 Å². The van der Waals surface area contributed by atoms with Gasteiger partial charge in [-0.25, -0.2) is 0 Å². The Kier molecular flexibility index (Phi) is 5.01. The number of hydrogen-bond acceptors (Lipinski definition) is 1. The molecule has 0 atom stereocenters. The van der Waals surface area contributed by atoms with E-state index in [0.29, 0.717) is 0 Å². The number of unbranched alkanes of at least 4 members (excludes halogenated alkanes) is 1. The first-order valence-corrected chi connectivity index (χ1v) is 6.28. The molecule has 0 aliphatic rings. The van der Waals surface area contributed by atoms with Gasteiger partial charge in [0.25, 0.3) is 0 Å². The van der Waals surface area contributed by atoms with Gasteiger partial charge >= 0.3 is 0 Å². The molecule has 0 aromatic heterocycles. The van der Waals surface area contributed by atoms with Crippen molar-refractivity contribution in [3.05, 3.63) is 35.4 Å². The first kappa shape index (κ1) is 13.2. The standard InChI is InChI=1S/C15H25N/c1-15(2,3)14-10-8-13(9-11-14)7-5-6-12-16-4/h8-11,16H,5-7,12H2,1-4H3. The summed E-state index contributed by atoms with van der Waals surface area (Å²) in [6, 6.07) is 9.10. The zero-order chi connectivity index (χ0) is 12.0. The fourth-order valence-electron chi connectivity index (χ4n) is 1.80. The van der Waals surface area contributed by atoms with Crippen LogP contribution in [0, 0.1) is 0 Å². The van der Waals surface area contributed by atoms with Gasteiger partial charge in [-0.1, -0.05) is 45.0 Å². The molecule has 0 spiro atoms. The van der Waals surface area contributed by atoms with Crippen LogP contribution in [0.5, 0.6) is 0 Å². The Hall–Kier alpha value is -0.820. The van der Waals surface area contributed by atoms with Gasteiger partial charge in [0.1, 0.15) is 0 Å². The predicted molar refractivity (Wildman–Crippen MR) is 72.0 cm³/mol. The Morgan fingerprint density at radius 2 is 1.62 bits per heavy atom. The van der Waals surface area contributed by atoms with Gasteiger partial charge in [0.15, 0.2) is 0 Å². The summed E-state index contributed by atoms with van der Waals surface area (Å²) in [5.74, 6) is 0. The maximum atomic E-state index is 3.18. The van der Waals surface area contributed by atoms with E-state index in [-0.39, 0.29) is 5.41 Å². The Bertz CT molecular complexity index is 292. The molecular formula is C15H25N. The number of hydrogen-bond donors (Lipinski definition) is 1. The molecule has 1 N–H and O–H groups in total. The van der Waals surface area contributed by atoms with Gasteiger partial charge in [0.05, 0.1) is 0 Å². The van der Waals surface area contributed by atoms with E-state index in [9.17, 15) is 0 Å². The molecule has 0 bridgehead atoms. The van der Waals surface area contributed by atoms with Crippen LogP contribution in [-0.2, 0) is 11.8 Å². The van der Waals surface area contributed by atoms with Crippen molar-refractivity contribution in [3.63, 3.8) is 0 Å². The van der Waals surface area contributed by atoms with Crippen molar-refractivity contribution in [2.45, 2.75) is 45.4 Å². The van der Waals surface area contributed by atoms with Crippen LogP contribution in [0.1, 0.15) is 44.7 Å². The van der Waals surface area contributed by atoms with E-state index in [1.165, 1.54) is 30.4 Å². The topological polar surface area (TPSA) is 12.0 Å². The second-order valence-corrected chi connectivity index (χ2v) is 5.51. The molecule has 1 aromatic carbocycles. The van der Waals surface area contributed by atoms with E-state index in [1.54, 1.807) is 0 Å². The van der Waals surface area contributed by atoms with Crippen LogP contribution in [0.4, 0.5) is 0 Å². The highest BCUT2D eigenvalue weighted by Crippen LogP contribution is 2.22. The van der Waals surface area contributed by atoms with Crippen LogP contribution < -0.4 is 5.32 Å². The summed E-state index contributed by atoms with van der Waals surface area (Å²) in [6.45, 7) is 7.90.